The Balaban J connectivity index is 2.02. The van der Waals surface area contributed by atoms with Gasteiger partial charge in [0.15, 0.2) is 0 Å². The summed E-state index contributed by atoms with van der Waals surface area (Å²) in [5.74, 6) is -0.819. The van der Waals surface area contributed by atoms with Gasteiger partial charge in [0, 0.05) is 20.1 Å². The molecule has 3 unspecified atom stereocenters. The minimum atomic E-state index is -0.819. The van der Waals surface area contributed by atoms with Crippen LogP contribution < -0.4 is 0 Å². The van der Waals surface area contributed by atoms with Gasteiger partial charge in [-0.25, -0.2) is 4.79 Å². The van der Waals surface area contributed by atoms with Crippen LogP contribution in [-0.2, 0) is 4.79 Å². The van der Waals surface area contributed by atoms with Gasteiger partial charge in [-0.3, -0.25) is 4.79 Å². The van der Waals surface area contributed by atoms with Crippen molar-refractivity contribution >= 4 is 12.0 Å². The smallest absolute Gasteiger partial charge is 0.320 e. The second kappa shape index (κ2) is 6.22. The number of aliphatic carboxylic acids is 1. The van der Waals surface area contributed by atoms with Gasteiger partial charge >= 0.3 is 12.0 Å². The number of carboxylic acids is 1. The second-order valence-corrected chi connectivity index (χ2v) is 6.42. The number of carboxylic acid groups (broad SMARTS) is 1. The van der Waals surface area contributed by atoms with Gasteiger partial charge in [-0.15, -0.1) is 0 Å². The topological polar surface area (TPSA) is 81.1 Å². The zero-order valence-electron chi connectivity index (χ0n) is 12.9. The van der Waals surface area contributed by atoms with E-state index in [0.29, 0.717) is 19.4 Å². The highest BCUT2D eigenvalue weighted by molar-refractivity contribution is 5.80. The molecule has 0 radical (unpaired) electrons. The first kappa shape index (κ1) is 16.1. The number of hydrogen-bond acceptors (Lipinski definition) is 3. The van der Waals surface area contributed by atoms with Crippen LogP contribution in [0.15, 0.2) is 0 Å². The van der Waals surface area contributed by atoms with Crippen molar-refractivity contribution < 1.29 is 19.8 Å². The van der Waals surface area contributed by atoms with Crippen molar-refractivity contribution in [3.8, 4) is 0 Å². The lowest BCUT2D eigenvalue weighted by atomic mass is 9.84. The molecule has 1 saturated carbocycles. The molecule has 2 N–H and O–H groups in total. The zero-order valence-corrected chi connectivity index (χ0v) is 12.9. The van der Waals surface area contributed by atoms with E-state index in [-0.39, 0.29) is 18.6 Å². The fourth-order valence-electron chi connectivity index (χ4n) is 3.56. The summed E-state index contributed by atoms with van der Waals surface area (Å²) in [6.07, 6.45) is 4.14. The first-order chi connectivity index (χ1) is 9.91. The first-order valence-corrected chi connectivity index (χ1v) is 7.84. The quantitative estimate of drug-likeness (QED) is 0.828. The summed E-state index contributed by atoms with van der Waals surface area (Å²) in [5.41, 5.74) is -0.804. The van der Waals surface area contributed by atoms with Crippen molar-refractivity contribution in [2.75, 3.05) is 20.1 Å². The van der Waals surface area contributed by atoms with Gasteiger partial charge in [0.1, 0.15) is 0 Å². The van der Waals surface area contributed by atoms with Gasteiger partial charge in [-0.05, 0) is 25.7 Å². The summed E-state index contributed by atoms with van der Waals surface area (Å²) in [6.45, 7) is 2.60. The van der Waals surface area contributed by atoms with Gasteiger partial charge in [-0.1, -0.05) is 19.8 Å². The molecule has 1 heterocycles. The van der Waals surface area contributed by atoms with Crippen LogP contribution in [0, 0.1) is 5.41 Å². The number of likely N-dealkylation sites (tertiary alicyclic amines) is 1. The van der Waals surface area contributed by atoms with Crippen molar-refractivity contribution in [3.05, 3.63) is 0 Å². The number of hydrogen-bond donors (Lipinski definition) is 2. The summed E-state index contributed by atoms with van der Waals surface area (Å²) in [6, 6.07) is -0.301. The molecule has 2 aliphatic rings. The minimum Gasteiger partial charge on any atom is -0.481 e. The van der Waals surface area contributed by atoms with Crippen molar-refractivity contribution in [1.29, 1.82) is 0 Å². The molecule has 2 amide bonds. The lowest BCUT2D eigenvalue weighted by molar-refractivity contribution is -0.148. The zero-order chi connectivity index (χ0) is 15.6. The van der Waals surface area contributed by atoms with E-state index in [1.54, 1.807) is 16.8 Å². The molecule has 6 nitrogen and oxygen atoms in total. The van der Waals surface area contributed by atoms with Crippen LogP contribution >= 0.6 is 0 Å². The standard InChI is InChI=1S/C15H26N2O4/c1-3-15(13(19)20)8-9-17(10-15)14(21)16(2)11-6-4-5-7-12(11)18/h11-12,18H,3-10H2,1-2H3,(H,19,20). The normalized spacial score (nSPS) is 33.0. The molecule has 2 rings (SSSR count). The van der Waals surface area contributed by atoms with Crippen LogP contribution in [-0.4, -0.2) is 64.3 Å². The fourth-order valence-corrected chi connectivity index (χ4v) is 3.56. The highest BCUT2D eigenvalue weighted by atomic mass is 16.4. The third-order valence-corrected chi connectivity index (χ3v) is 5.25. The number of likely N-dealkylation sites (N-methyl/N-ethyl adjacent to an activating group) is 1. The van der Waals surface area contributed by atoms with Crippen molar-refractivity contribution in [3.63, 3.8) is 0 Å². The molecular weight excluding hydrogens is 272 g/mol. The summed E-state index contributed by atoms with van der Waals surface area (Å²) in [4.78, 5) is 27.3. The predicted molar refractivity (Wildman–Crippen MR) is 78.0 cm³/mol. The molecular formula is C15H26N2O4. The average Bonchev–Trinajstić information content (AvgIpc) is 2.92. The van der Waals surface area contributed by atoms with E-state index in [2.05, 4.69) is 0 Å². The number of urea groups is 1. The van der Waals surface area contributed by atoms with Crippen molar-refractivity contribution in [2.45, 2.75) is 57.6 Å². The van der Waals surface area contributed by atoms with Crippen LogP contribution in [0.1, 0.15) is 45.4 Å². The summed E-state index contributed by atoms with van der Waals surface area (Å²) < 4.78 is 0. The minimum absolute atomic E-state index is 0.146. The maximum atomic E-state index is 12.6. The van der Waals surface area contributed by atoms with Crippen LogP contribution in [0.4, 0.5) is 4.79 Å². The fraction of sp³-hybridized carbons (Fsp3) is 0.867. The average molecular weight is 298 g/mol. The molecule has 0 spiro atoms. The highest BCUT2D eigenvalue weighted by Gasteiger charge is 2.46. The number of carbonyl (C=O) groups excluding carboxylic acids is 1. The van der Waals surface area contributed by atoms with E-state index in [4.69, 9.17) is 0 Å². The number of aliphatic hydroxyl groups is 1. The Kier molecular flexibility index (Phi) is 4.76. The van der Waals surface area contributed by atoms with E-state index in [1.807, 2.05) is 6.92 Å². The number of carbonyl (C=O) groups is 2. The Labute approximate surface area is 125 Å². The SMILES string of the molecule is CCC1(C(=O)O)CCN(C(=O)N(C)C2CCCCC2O)C1. The van der Waals surface area contributed by atoms with E-state index < -0.39 is 17.5 Å². The van der Waals surface area contributed by atoms with E-state index in [0.717, 1.165) is 25.7 Å². The largest absolute Gasteiger partial charge is 0.481 e. The van der Waals surface area contributed by atoms with E-state index in [1.165, 1.54) is 0 Å². The van der Waals surface area contributed by atoms with Gasteiger partial charge in [0.05, 0.1) is 17.6 Å². The Morgan fingerprint density at radius 2 is 2.00 bits per heavy atom. The van der Waals surface area contributed by atoms with Crippen molar-refractivity contribution in [2.24, 2.45) is 5.41 Å². The Hall–Kier alpha value is -1.30. The molecule has 21 heavy (non-hydrogen) atoms. The number of aliphatic hydroxyl groups excluding tert-OH is 1. The molecule has 2 fully saturated rings. The molecule has 120 valence electrons. The molecule has 0 aromatic heterocycles. The second-order valence-electron chi connectivity index (χ2n) is 6.42. The Bertz CT molecular complexity index is 414. The van der Waals surface area contributed by atoms with Crippen LogP contribution in [0.2, 0.25) is 0 Å². The summed E-state index contributed by atoms with van der Waals surface area (Å²) in [5, 5.41) is 19.5. The highest BCUT2D eigenvalue weighted by Crippen LogP contribution is 2.35. The summed E-state index contributed by atoms with van der Waals surface area (Å²) >= 11 is 0. The van der Waals surface area contributed by atoms with E-state index in [9.17, 15) is 19.8 Å². The number of nitrogens with zero attached hydrogens (tertiary/aromatic N) is 2. The third-order valence-electron chi connectivity index (χ3n) is 5.25. The molecule has 1 saturated heterocycles. The lowest BCUT2D eigenvalue weighted by Gasteiger charge is -2.37. The van der Waals surface area contributed by atoms with Crippen molar-refractivity contribution in [1.82, 2.24) is 9.80 Å². The molecule has 1 aliphatic carbocycles. The van der Waals surface area contributed by atoms with Gasteiger partial charge in [-0.2, -0.15) is 0 Å². The van der Waals surface area contributed by atoms with E-state index >= 15 is 0 Å². The van der Waals surface area contributed by atoms with Gasteiger partial charge < -0.3 is 20.0 Å². The number of amides is 2. The lowest BCUT2D eigenvalue weighted by Crippen LogP contribution is -2.51. The van der Waals surface area contributed by atoms with Crippen LogP contribution in [0.5, 0.6) is 0 Å². The number of rotatable bonds is 3. The Morgan fingerprint density at radius 1 is 1.33 bits per heavy atom. The molecule has 0 aromatic rings. The first-order valence-electron chi connectivity index (χ1n) is 7.84. The van der Waals surface area contributed by atoms with Gasteiger partial charge in [0.25, 0.3) is 0 Å². The summed E-state index contributed by atoms with van der Waals surface area (Å²) in [7, 11) is 1.72. The maximum absolute atomic E-state index is 12.6. The molecule has 0 aromatic carbocycles. The molecule has 6 heteroatoms. The molecule has 1 aliphatic heterocycles. The predicted octanol–water partition coefficient (Wildman–Crippen LogP) is 1.53. The third kappa shape index (κ3) is 3.00. The Morgan fingerprint density at radius 3 is 2.52 bits per heavy atom. The van der Waals surface area contributed by atoms with Gasteiger partial charge in [0.2, 0.25) is 0 Å². The van der Waals surface area contributed by atoms with Crippen LogP contribution in [0.3, 0.4) is 0 Å². The molecule has 0 bridgehead atoms. The molecule has 3 atom stereocenters. The monoisotopic (exact) mass is 298 g/mol. The van der Waals surface area contributed by atoms with Crippen LogP contribution in [0.25, 0.3) is 0 Å². The maximum Gasteiger partial charge on any atom is 0.320 e.